The van der Waals surface area contributed by atoms with Crippen LogP contribution < -0.4 is 0 Å². The lowest BCUT2D eigenvalue weighted by atomic mass is 9.98. The Bertz CT molecular complexity index is 858. The van der Waals surface area contributed by atoms with Crippen LogP contribution in [0, 0.1) is 24.1 Å². The normalized spacial score (nSPS) is 10.2. The fourth-order valence-electron chi connectivity index (χ4n) is 2.48. The predicted octanol–water partition coefficient (Wildman–Crippen LogP) is 5.34. The Hall–Kier alpha value is -2.92. The third-order valence-electron chi connectivity index (χ3n) is 3.65. The maximum absolute atomic E-state index is 14.4. The summed E-state index contributed by atoms with van der Waals surface area (Å²) in [6.45, 7) is 2.02. The minimum absolute atomic E-state index is 0.260. The summed E-state index contributed by atoms with van der Waals surface area (Å²) in [5.41, 5.74) is 4.90. The van der Waals surface area contributed by atoms with Crippen LogP contribution >= 0.6 is 0 Å². The highest BCUT2D eigenvalue weighted by Crippen LogP contribution is 2.28. The molecule has 0 aliphatic heterocycles. The first-order chi connectivity index (χ1) is 10.7. The van der Waals surface area contributed by atoms with Gasteiger partial charge < -0.3 is 0 Å². The molecule has 0 bridgehead atoms. The number of hydrogen-bond donors (Lipinski definition) is 0. The number of halogens is 1. The van der Waals surface area contributed by atoms with Crippen molar-refractivity contribution in [3.05, 3.63) is 83.7 Å². The van der Waals surface area contributed by atoms with Gasteiger partial charge in [-0.1, -0.05) is 54.1 Å². The van der Waals surface area contributed by atoms with Crippen molar-refractivity contribution in [2.45, 2.75) is 6.92 Å². The zero-order valence-electron chi connectivity index (χ0n) is 12.2. The lowest BCUT2D eigenvalue weighted by Gasteiger charge is -2.08. The van der Waals surface area contributed by atoms with Crippen molar-refractivity contribution < 1.29 is 4.39 Å². The first kappa shape index (κ1) is 14.0. The number of aryl methyl sites for hydroxylation is 1. The van der Waals surface area contributed by atoms with Gasteiger partial charge in [-0.15, -0.1) is 0 Å². The molecule has 0 fully saturated rings. The van der Waals surface area contributed by atoms with Crippen molar-refractivity contribution in [2.75, 3.05) is 0 Å². The van der Waals surface area contributed by atoms with Gasteiger partial charge in [-0.2, -0.15) is 5.26 Å². The second-order valence-corrected chi connectivity index (χ2v) is 5.25. The highest BCUT2D eigenvalue weighted by Gasteiger charge is 2.07. The molecule has 0 saturated heterocycles. The minimum atomic E-state index is -0.260. The lowest BCUT2D eigenvalue weighted by Crippen LogP contribution is -1.87. The quantitative estimate of drug-likeness (QED) is 0.624. The smallest absolute Gasteiger partial charge is 0.131 e. The van der Waals surface area contributed by atoms with Crippen LogP contribution in [0.3, 0.4) is 0 Å². The van der Waals surface area contributed by atoms with Gasteiger partial charge >= 0.3 is 0 Å². The van der Waals surface area contributed by atoms with Crippen molar-refractivity contribution in [3.8, 4) is 28.3 Å². The lowest BCUT2D eigenvalue weighted by molar-refractivity contribution is 0.632. The molecule has 0 aliphatic rings. The Kier molecular flexibility index (Phi) is 3.72. The van der Waals surface area contributed by atoms with E-state index in [1.54, 1.807) is 36.4 Å². The highest BCUT2D eigenvalue weighted by atomic mass is 19.1. The van der Waals surface area contributed by atoms with E-state index in [2.05, 4.69) is 6.07 Å². The topological polar surface area (TPSA) is 23.8 Å². The van der Waals surface area contributed by atoms with Crippen LogP contribution in [-0.4, -0.2) is 0 Å². The van der Waals surface area contributed by atoms with Crippen LogP contribution in [0.4, 0.5) is 4.39 Å². The van der Waals surface area contributed by atoms with E-state index in [1.165, 1.54) is 0 Å². The monoisotopic (exact) mass is 287 g/mol. The van der Waals surface area contributed by atoms with Crippen molar-refractivity contribution in [2.24, 2.45) is 0 Å². The first-order valence-electron chi connectivity index (χ1n) is 7.04. The summed E-state index contributed by atoms with van der Waals surface area (Å²) in [4.78, 5) is 0. The number of nitriles is 1. The standard InChI is InChI=1S/C20H14FN/c1-14-3-2-4-17(11-14)18-9-10-19(20(21)12-18)16-7-5-15(13-22)6-8-16/h2-12H,1H3. The molecule has 0 atom stereocenters. The number of nitrogens with zero attached hydrogens (tertiary/aromatic N) is 1. The van der Waals surface area contributed by atoms with Crippen molar-refractivity contribution in [1.82, 2.24) is 0 Å². The molecule has 22 heavy (non-hydrogen) atoms. The summed E-state index contributed by atoms with van der Waals surface area (Å²) in [7, 11) is 0. The zero-order valence-corrected chi connectivity index (χ0v) is 12.2. The Morgan fingerprint density at radius 3 is 2.14 bits per heavy atom. The molecule has 0 radical (unpaired) electrons. The van der Waals surface area contributed by atoms with E-state index in [9.17, 15) is 4.39 Å². The third-order valence-corrected chi connectivity index (χ3v) is 3.65. The van der Waals surface area contributed by atoms with Crippen LogP contribution in [0.2, 0.25) is 0 Å². The van der Waals surface area contributed by atoms with Gasteiger partial charge in [0, 0.05) is 5.56 Å². The van der Waals surface area contributed by atoms with E-state index in [1.807, 2.05) is 37.3 Å². The number of rotatable bonds is 2. The SMILES string of the molecule is Cc1cccc(-c2ccc(-c3ccc(C#N)cc3)c(F)c2)c1. The predicted molar refractivity (Wildman–Crippen MR) is 86.7 cm³/mol. The van der Waals surface area contributed by atoms with E-state index >= 15 is 0 Å². The molecule has 0 aromatic heterocycles. The van der Waals surface area contributed by atoms with Crippen LogP contribution in [0.1, 0.15) is 11.1 Å². The second-order valence-electron chi connectivity index (χ2n) is 5.25. The van der Waals surface area contributed by atoms with E-state index in [0.717, 1.165) is 22.3 Å². The van der Waals surface area contributed by atoms with Crippen LogP contribution in [0.15, 0.2) is 66.7 Å². The van der Waals surface area contributed by atoms with Crippen LogP contribution in [0.5, 0.6) is 0 Å². The molecule has 0 saturated carbocycles. The van der Waals surface area contributed by atoms with Gasteiger partial charge in [-0.05, 0) is 41.8 Å². The van der Waals surface area contributed by atoms with Crippen molar-refractivity contribution >= 4 is 0 Å². The fourth-order valence-corrected chi connectivity index (χ4v) is 2.48. The summed E-state index contributed by atoms with van der Waals surface area (Å²) < 4.78 is 14.4. The summed E-state index contributed by atoms with van der Waals surface area (Å²) in [5.74, 6) is -0.260. The third kappa shape index (κ3) is 2.75. The van der Waals surface area contributed by atoms with E-state index < -0.39 is 0 Å². The van der Waals surface area contributed by atoms with E-state index in [-0.39, 0.29) is 5.82 Å². The molecule has 0 N–H and O–H groups in total. The maximum atomic E-state index is 14.4. The highest BCUT2D eigenvalue weighted by molar-refractivity contribution is 5.71. The Morgan fingerprint density at radius 2 is 1.50 bits per heavy atom. The van der Waals surface area contributed by atoms with Crippen molar-refractivity contribution in [1.29, 1.82) is 5.26 Å². The Labute approximate surface area is 129 Å². The number of benzene rings is 3. The van der Waals surface area contributed by atoms with Gasteiger partial charge in [-0.25, -0.2) is 4.39 Å². The fraction of sp³-hybridized carbons (Fsp3) is 0.0500. The average Bonchev–Trinajstić information content (AvgIpc) is 2.55. The molecule has 0 aliphatic carbocycles. The van der Waals surface area contributed by atoms with Gasteiger partial charge in [0.15, 0.2) is 0 Å². The molecule has 2 heteroatoms. The first-order valence-corrected chi connectivity index (χ1v) is 7.04. The zero-order chi connectivity index (χ0) is 15.5. The van der Waals surface area contributed by atoms with Gasteiger partial charge in [0.05, 0.1) is 11.6 Å². The van der Waals surface area contributed by atoms with Gasteiger partial charge in [0.2, 0.25) is 0 Å². The Morgan fingerprint density at radius 1 is 0.818 bits per heavy atom. The van der Waals surface area contributed by atoms with Crippen LogP contribution in [0.25, 0.3) is 22.3 Å². The van der Waals surface area contributed by atoms with Gasteiger partial charge in [-0.3, -0.25) is 0 Å². The van der Waals surface area contributed by atoms with Gasteiger partial charge in [0.25, 0.3) is 0 Å². The molecule has 106 valence electrons. The maximum Gasteiger partial charge on any atom is 0.131 e. The van der Waals surface area contributed by atoms with E-state index in [0.29, 0.717) is 11.1 Å². The molecular weight excluding hydrogens is 273 g/mol. The van der Waals surface area contributed by atoms with Crippen molar-refractivity contribution in [3.63, 3.8) is 0 Å². The molecule has 1 nitrogen and oxygen atoms in total. The molecular formula is C20H14FN. The minimum Gasteiger partial charge on any atom is -0.206 e. The summed E-state index contributed by atoms with van der Waals surface area (Å²) in [6.07, 6.45) is 0. The average molecular weight is 287 g/mol. The Balaban J connectivity index is 2.00. The molecule has 0 amide bonds. The molecule has 3 aromatic carbocycles. The summed E-state index contributed by atoms with van der Waals surface area (Å²) >= 11 is 0. The second kappa shape index (κ2) is 5.83. The summed E-state index contributed by atoms with van der Waals surface area (Å²) in [6, 6.07) is 22.3. The summed E-state index contributed by atoms with van der Waals surface area (Å²) in [5, 5.41) is 8.81. The van der Waals surface area contributed by atoms with Gasteiger partial charge in [0.1, 0.15) is 5.82 Å². The van der Waals surface area contributed by atoms with Crippen LogP contribution in [-0.2, 0) is 0 Å². The molecule has 0 spiro atoms. The largest absolute Gasteiger partial charge is 0.206 e. The molecule has 0 unspecified atom stereocenters. The number of hydrogen-bond acceptors (Lipinski definition) is 1. The molecule has 3 rings (SSSR count). The van der Waals surface area contributed by atoms with E-state index in [4.69, 9.17) is 5.26 Å². The molecule has 0 heterocycles. The molecule has 3 aromatic rings.